The van der Waals surface area contributed by atoms with E-state index in [2.05, 4.69) is 5.32 Å². The number of halogens is 1. The molecule has 0 aromatic heterocycles. The summed E-state index contributed by atoms with van der Waals surface area (Å²) in [7, 11) is -3.83. The number of hydrogen-bond donors (Lipinski definition) is 2. The van der Waals surface area contributed by atoms with Crippen molar-refractivity contribution in [2.75, 3.05) is 23.3 Å². The Hall–Kier alpha value is -2.45. The van der Waals surface area contributed by atoms with Crippen molar-refractivity contribution < 1.29 is 17.6 Å². The van der Waals surface area contributed by atoms with Crippen LogP contribution in [0.5, 0.6) is 0 Å². The molecule has 1 amide bonds. The summed E-state index contributed by atoms with van der Waals surface area (Å²) < 4.78 is 37.1. The molecule has 0 radical (unpaired) electrons. The highest BCUT2D eigenvalue weighted by atomic mass is 32.2. The minimum atomic E-state index is -3.83. The van der Waals surface area contributed by atoms with Crippen molar-refractivity contribution in [3.63, 3.8) is 0 Å². The predicted octanol–water partition coefficient (Wildman–Crippen LogP) is 2.56. The van der Waals surface area contributed by atoms with Crippen LogP contribution >= 0.6 is 0 Å². The monoisotopic (exact) mass is 391 g/mol. The van der Waals surface area contributed by atoms with Crippen LogP contribution in [0.1, 0.15) is 24.0 Å². The molecule has 27 heavy (non-hydrogen) atoms. The van der Waals surface area contributed by atoms with Crippen LogP contribution in [0.3, 0.4) is 0 Å². The third kappa shape index (κ3) is 4.45. The Morgan fingerprint density at radius 2 is 2.07 bits per heavy atom. The van der Waals surface area contributed by atoms with E-state index in [0.29, 0.717) is 24.5 Å². The molecule has 2 aromatic carbocycles. The first-order valence-corrected chi connectivity index (χ1v) is 10.3. The molecule has 1 aliphatic heterocycles. The highest BCUT2D eigenvalue weighted by Crippen LogP contribution is 2.32. The maximum absolute atomic E-state index is 14.3. The van der Waals surface area contributed by atoms with Gasteiger partial charge in [0.2, 0.25) is 15.9 Å². The Bertz CT molecular complexity index is 976. The lowest BCUT2D eigenvalue weighted by molar-refractivity contribution is -0.116. The molecule has 0 bridgehead atoms. The van der Waals surface area contributed by atoms with Crippen molar-refractivity contribution in [1.29, 1.82) is 0 Å². The molecule has 6 nitrogen and oxygen atoms in total. The summed E-state index contributed by atoms with van der Waals surface area (Å²) in [5, 5.41) is 7.77. The van der Waals surface area contributed by atoms with E-state index in [1.807, 2.05) is 11.8 Å². The Kier molecular flexibility index (Phi) is 5.48. The zero-order valence-corrected chi connectivity index (χ0v) is 15.9. The van der Waals surface area contributed by atoms with Gasteiger partial charge in [-0.15, -0.1) is 0 Å². The van der Waals surface area contributed by atoms with Crippen molar-refractivity contribution in [3.05, 3.63) is 53.3 Å². The first-order valence-electron chi connectivity index (χ1n) is 8.71. The smallest absolute Gasteiger partial charge is 0.238 e. The normalized spacial score (nSPS) is 14.0. The number of nitrogens with zero attached hydrogens (tertiary/aromatic N) is 1. The van der Waals surface area contributed by atoms with Crippen molar-refractivity contribution >= 4 is 27.3 Å². The summed E-state index contributed by atoms with van der Waals surface area (Å²) in [6, 6.07) is 9.02. The molecular formula is C19H22FN3O3S. The molecule has 3 rings (SSSR count). The molecular weight excluding hydrogens is 369 g/mol. The van der Waals surface area contributed by atoms with E-state index in [9.17, 15) is 17.6 Å². The lowest BCUT2D eigenvalue weighted by Crippen LogP contribution is -2.33. The number of carbonyl (C=O) groups excluding carboxylic acids is 1. The fraction of sp³-hybridized carbons (Fsp3) is 0.316. The standard InChI is InChI=1S/C19H22FN3O3S/c1-13-7-8-17(20)19-16(13)6-3-10-23(19)11-9-18(24)22-14-4-2-5-15(12-14)27(21,25)26/h2,4-5,7-8,12H,3,6,9-11H2,1H3,(H,22,24)(H2,21,25,26). The van der Waals surface area contributed by atoms with Crippen LogP contribution < -0.4 is 15.4 Å². The van der Waals surface area contributed by atoms with Gasteiger partial charge < -0.3 is 10.2 Å². The van der Waals surface area contributed by atoms with Crippen LogP contribution in [0.25, 0.3) is 0 Å². The lowest BCUT2D eigenvalue weighted by atomic mass is 9.96. The number of anilines is 2. The molecule has 0 saturated carbocycles. The van der Waals surface area contributed by atoms with Crippen molar-refractivity contribution in [2.45, 2.75) is 31.1 Å². The van der Waals surface area contributed by atoms with E-state index < -0.39 is 10.0 Å². The van der Waals surface area contributed by atoms with Gasteiger partial charge in [-0.2, -0.15) is 0 Å². The lowest BCUT2D eigenvalue weighted by Gasteiger charge is -2.32. The molecule has 8 heteroatoms. The molecule has 0 atom stereocenters. The second kappa shape index (κ2) is 7.66. The number of nitrogens with two attached hydrogens (primary N) is 1. The molecule has 0 unspecified atom stereocenters. The van der Waals surface area contributed by atoms with Gasteiger partial charge in [0.25, 0.3) is 0 Å². The van der Waals surface area contributed by atoms with Gasteiger partial charge in [0.1, 0.15) is 5.82 Å². The number of nitrogens with one attached hydrogen (secondary N) is 1. The second-order valence-corrected chi connectivity index (χ2v) is 8.21. The minimum absolute atomic E-state index is 0.0668. The number of fused-ring (bicyclic) bond motifs is 1. The second-order valence-electron chi connectivity index (χ2n) is 6.65. The van der Waals surface area contributed by atoms with Gasteiger partial charge in [-0.3, -0.25) is 4.79 Å². The van der Waals surface area contributed by atoms with Gasteiger partial charge in [-0.05, 0) is 55.2 Å². The largest absolute Gasteiger partial charge is 0.368 e. The molecule has 0 fully saturated rings. The third-order valence-electron chi connectivity index (χ3n) is 4.69. The quantitative estimate of drug-likeness (QED) is 0.819. The maximum Gasteiger partial charge on any atom is 0.238 e. The van der Waals surface area contributed by atoms with E-state index in [1.165, 1.54) is 24.3 Å². The van der Waals surface area contributed by atoms with Crippen LogP contribution in [0.2, 0.25) is 0 Å². The van der Waals surface area contributed by atoms with Crippen molar-refractivity contribution in [2.24, 2.45) is 5.14 Å². The fourth-order valence-electron chi connectivity index (χ4n) is 3.36. The molecule has 1 heterocycles. The van der Waals surface area contributed by atoms with Crippen LogP contribution in [-0.4, -0.2) is 27.4 Å². The number of primary sulfonamides is 1. The highest BCUT2D eigenvalue weighted by Gasteiger charge is 2.22. The summed E-state index contributed by atoms with van der Waals surface area (Å²) in [5.41, 5.74) is 3.00. The van der Waals surface area contributed by atoms with E-state index in [0.717, 1.165) is 24.0 Å². The summed E-state index contributed by atoms with van der Waals surface area (Å²) in [6.07, 6.45) is 1.91. The van der Waals surface area contributed by atoms with Crippen LogP contribution in [0, 0.1) is 12.7 Å². The van der Waals surface area contributed by atoms with Gasteiger partial charge in [0, 0.05) is 25.2 Å². The highest BCUT2D eigenvalue weighted by molar-refractivity contribution is 7.89. The third-order valence-corrected chi connectivity index (χ3v) is 5.60. The molecule has 0 aliphatic carbocycles. The topological polar surface area (TPSA) is 92.5 Å². The van der Waals surface area contributed by atoms with E-state index in [1.54, 1.807) is 12.1 Å². The average molecular weight is 391 g/mol. The Labute approximate surface area is 158 Å². The van der Waals surface area contributed by atoms with Gasteiger partial charge in [0.05, 0.1) is 10.6 Å². The SMILES string of the molecule is Cc1ccc(F)c2c1CCCN2CCC(=O)Nc1cccc(S(N)(=O)=O)c1. The first kappa shape index (κ1) is 19.3. The number of benzene rings is 2. The predicted molar refractivity (Wildman–Crippen MR) is 103 cm³/mol. The number of amides is 1. The summed E-state index contributed by atoms with van der Waals surface area (Å²) in [5.74, 6) is -0.543. The number of aryl methyl sites for hydroxylation is 1. The minimum Gasteiger partial charge on any atom is -0.368 e. The Morgan fingerprint density at radius 3 is 2.81 bits per heavy atom. The summed E-state index contributed by atoms with van der Waals surface area (Å²) in [6.45, 7) is 3.04. The van der Waals surface area contributed by atoms with E-state index in [4.69, 9.17) is 5.14 Å². The van der Waals surface area contributed by atoms with Crippen molar-refractivity contribution in [3.8, 4) is 0 Å². The average Bonchev–Trinajstić information content (AvgIpc) is 2.62. The molecule has 3 N–H and O–H groups in total. The molecule has 1 aliphatic rings. The molecule has 144 valence electrons. The number of hydrogen-bond acceptors (Lipinski definition) is 4. The Morgan fingerprint density at radius 1 is 1.30 bits per heavy atom. The zero-order valence-electron chi connectivity index (χ0n) is 15.0. The number of rotatable bonds is 5. The van der Waals surface area contributed by atoms with Crippen molar-refractivity contribution in [1.82, 2.24) is 0 Å². The molecule has 0 saturated heterocycles. The van der Waals surface area contributed by atoms with Gasteiger partial charge in [-0.25, -0.2) is 17.9 Å². The van der Waals surface area contributed by atoms with E-state index in [-0.39, 0.29) is 23.0 Å². The zero-order chi connectivity index (χ0) is 19.6. The van der Waals surface area contributed by atoms with Crippen LogP contribution in [0.15, 0.2) is 41.3 Å². The number of sulfonamides is 1. The maximum atomic E-state index is 14.3. The van der Waals surface area contributed by atoms with Crippen LogP contribution in [-0.2, 0) is 21.2 Å². The van der Waals surface area contributed by atoms with Gasteiger partial charge >= 0.3 is 0 Å². The van der Waals surface area contributed by atoms with Gasteiger partial charge in [-0.1, -0.05) is 12.1 Å². The van der Waals surface area contributed by atoms with Crippen LogP contribution in [0.4, 0.5) is 15.8 Å². The van der Waals surface area contributed by atoms with Gasteiger partial charge in [0.15, 0.2) is 0 Å². The first-order chi connectivity index (χ1) is 12.8. The molecule has 2 aromatic rings. The molecule has 0 spiro atoms. The fourth-order valence-corrected chi connectivity index (χ4v) is 3.92. The number of carbonyl (C=O) groups is 1. The van der Waals surface area contributed by atoms with E-state index >= 15 is 0 Å². The summed E-state index contributed by atoms with van der Waals surface area (Å²) in [4.78, 5) is 14.1. The Balaban J connectivity index is 1.67. The summed E-state index contributed by atoms with van der Waals surface area (Å²) >= 11 is 0.